The van der Waals surface area contributed by atoms with Gasteiger partial charge in [-0.1, -0.05) is 18.2 Å². The third-order valence-electron chi connectivity index (χ3n) is 7.05. The number of aliphatic hydroxyl groups is 1. The van der Waals surface area contributed by atoms with Crippen LogP contribution in [0.25, 0.3) is 0 Å². The van der Waals surface area contributed by atoms with Crippen molar-refractivity contribution in [3.63, 3.8) is 0 Å². The number of aromatic nitrogens is 1. The molecule has 1 heterocycles. The summed E-state index contributed by atoms with van der Waals surface area (Å²) in [6, 6.07) is 11.3. The van der Waals surface area contributed by atoms with Crippen LogP contribution < -0.4 is 0 Å². The van der Waals surface area contributed by atoms with Gasteiger partial charge in [0.05, 0.1) is 11.5 Å². The molecule has 1 atom stereocenters. The first-order valence-corrected chi connectivity index (χ1v) is 11.1. The summed E-state index contributed by atoms with van der Waals surface area (Å²) in [6.07, 6.45) is 2.95. The van der Waals surface area contributed by atoms with Gasteiger partial charge in [-0.25, -0.2) is 0 Å². The van der Waals surface area contributed by atoms with Gasteiger partial charge in [0.2, 0.25) is 0 Å². The van der Waals surface area contributed by atoms with Crippen molar-refractivity contribution in [3.8, 4) is 6.07 Å². The number of amides is 1. The van der Waals surface area contributed by atoms with Crippen molar-refractivity contribution in [2.75, 3.05) is 0 Å². The van der Waals surface area contributed by atoms with Crippen molar-refractivity contribution in [3.05, 3.63) is 65.5 Å². The predicted octanol–water partition coefficient (Wildman–Crippen LogP) is 4.86. The van der Waals surface area contributed by atoms with Gasteiger partial charge in [0, 0.05) is 30.0 Å². The number of hydrogen-bond acceptors (Lipinski definition) is 4. The zero-order valence-electron chi connectivity index (χ0n) is 18.3. The zero-order valence-corrected chi connectivity index (χ0v) is 18.3. The van der Waals surface area contributed by atoms with E-state index in [2.05, 4.69) is 11.1 Å². The molecule has 1 aromatic carbocycles. The molecule has 5 nitrogen and oxygen atoms in total. The molecule has 0 aliphatic heterocycles. The smallest absolute Gasteiger partial charge is 0.376 e. The molecule has 1 aromatic heterocycles. The molecule has 1 N–H and O–H groups in total. The Kier molecular flexibility index (Phi) is 5.95. The van der Waals surface area contributed by atoms with Gasteiger partial charge in [-0.3, -0.25) is 9.78 Å². The maximum atomic E-state index is 13.4. The summed E-state index contributed by atoms with van der Waals surface area (Å²) in [5.41, 5.74) is -2.72. The average Bonchev–Trinajstić information content (AvgIpc) is 3.65. The van der Waals surface area contributed by atoms with Crippen molar-refractivity contribution in [1.29, 1.82) is 5.26 Å². The van der Waals surface area contributed by atoms with Crippen molar-refractivity contribution in [2.45, 2.75) is 74.7 Å². The average molecular weight is 457 g/mol. The standard InChI is InChI=1S/C25H26F3N3O2/c1-23(33,25(26,27)28)18-6-4-17(5-7-18)22(32)31(20-8-9-20)21-10-12-24(16-29,13-11-21)19-3-2-14-30-15-19/h2-7,14-15,20-21,33H,8-13H2,1H3/t21?,23-,24?/m0/s1. The fourth-order valence-electron chi connectivity index (χ4n) is 4.72. The van der Waals surface area contributed by atoms with Gasteiger partial charge >= 0.3 is 6.18 Å². The largest absolute Gasteiger partial charge is 0.421 e. The predicted molar refractivity (Wildman–Crippen MR) is 115 cm³/mol. The van der Waals surface area contributed by atoms with Crippen molar-refractivity contribution >= 4 is 5.91 Å². The number of carbonyl (C=O) groups excluding carboxylic acids is 1. The summed E-state index contributed by atoms with van der Waals surface area (Å²) in [6.45, 7) is 0.700. The Labute approximate surface area is 190 Å². The van der Waals surface area contributed by atoms with Crippen molar-refractivity contribution in [2.24, 2.45) is 0 Å². The molecule has 0 unspecified atom stereocenters. The lowest BCUT2D eigenvalue weighted by Gasteiger charge is -2.40. The van der Waals surface area contributed by atoms with Crippen LogP contribution in [-0.4, -0.2) is 39.2 Å². The Hall–Kier alpha value is -2.92. The number of benzene rings is 1. The van der Waals surface area contributed by atoms with Gasteiger partial charge in [-0.2, -0.15) is 18.4 Å². The van der Waals surface area contributed by atoms with Crippen LogP contribution in [0.1, 0.15) is 66.9 Å². The number of rotatable bonds is 5. The molecule has 2 aromatic rings. The van der Waals surface area contributed by atoms with Crippen molar-refractivity contribution < 1.29 is 23.1 Å². The zero-order chi connectivity index (χ0) is 23.9. The number of hydrogen-bond donors (Lipinski definition) is 1. The Morgan fingerprint density at radius 3 is 2.21 bits per heavy atom. The Balaban J connectivity index is 1.51. The molecular weight excluding hydrogens is 431 g/mol. The molecule has 174 valence electrons. The molecule has 0 bridgehead atoms. The lowest BCUT2D eigenvalue weighted by atomic mass is 9.69. The van der Waals surface area contributed by atoms with Crippen LogP contribution in [0.2, 0.25) is 0 Å². The first-order valence-electron chi connectivity index (χ1n) is 11.1. The highest BCUT2D eigenvalue weighted by molar-refractivity contribution is 5.95. The molecule has 2 aliphatic carbocycles. The number of pyridine rings is 1. The molecular formula is C25H26F3N3O2. The van der Waals surface area contributed by atoms with Gasteiger partial charge < -0.3 is 10.0 Å². The van der Waals surface area contributed by atoms with E-state index in [4.69, 9.17) is 0 Å². The molecule has 2 aliphatic rings. The van der Waals surface area contributed by atoms with E-state index < -0.39 is 17.2 Å². The molecule has 8 heteroatoms. The fourth-order valence-corrected chi connectivity index (χ4v) is 4.72. The van der Waals surface area contributed by atoms with Crippen LogP contribution in [0.5, 0.6) is 0 Å². The summed E-state index contributed by atoms with van der Waals surface area (Å²) < 4.78 is 39.4. The lowest BCUT2D eigenvalue weighted by Crippen LogP contribution is -2.46. The Bertz CT molecular complexity index is 1030. The topological polar surface area (TPSA) is 77.2 Å². The third kappa shape index (κ3) is 4.34. The SMILES string of the molecule is C[C@](O)(c1ccc(C(=O)N(C2CC2)C2CCC(C#N)(c3cccnc3)CC2)cc1)C(F)(F)F. The summed E-state index contributed by atoms with van der Waals surface area (Å²) >= 11 is 0. The second kappa shape index (κ2) is 8.45. The maximum absolute atomic E-state index is 13.4. The molecule has 4 rings (SSSR count). The Morgan fingerprint density at radius 1 is 1.12 bits per heavy atom. The van der Waals surface area contributed by atoms with E-state index in [1.807, 2.05) is 17.0 Å². The van der Waals surface area contributed by atoms with Crippen LogP contribution in [0, 0.1) is 11.3 Å². The quantitative estimate of drug-likeness (QED) is 0.696. The Morgan fingerprint density at radius 2 is 1.73 bits per heavy atom. The van der Waals surface area contributed by atoms with E-state index in [0.717, 1.165) is 30.5 Å². The van der Waals surface area contributed by atoms with Gasteiger partial charge in [0.15, 0.2) is 5.60 Å². The molecule has 1 amide bonds. The molecule has 0 radical (unpaired) electrons. The third-order valence-corrected chi connectivity index (χ3v) is 7.05. The van der Waals surface area contributed by atoms with Crippen LogP contribution in [0.3, 0.4) is 0 Å². The number of alkyl halides is 3. The van der Waals surface area contributed by atoms with E-state index >= 15 is 0 Å². The summed E-state index contributed by atoms with van der Waals surface area (Å²) in [7, 11) is 0. The second-order valence-corrected chi connectivity index (χ2v) is 9.26. The monoisotopic (exact) mass is 457 g/mol. The molecule has 2 fully saturated rings. The van der Waals surface area contributed by atoms with Crippen LogP contribution in [0.4, 0.5) is 13.2 Å². The number of halogens is 3. The minimum Gasteiger partial charge on any atom is -0.376 e. The van der Waals surface area contributed by atoms with E-state index in [1.54, 1.807) is 12.4 Å². The van der Waals surface area contributed by atoms with Crippen LogP contribution in [-0.2, 0) is 11.0 Å². The molecule has 2 saturated carbocycles. The first-order chi connectivity index (χ1) is 15.6. The molecule has 33 heavy (non-hydrogen) atoms. The summed E-state index contributed by atoms with van der Waals surface area (Å²) in [5, 5.41) is 19.8. The highest BCUT2D eigenvalue weighted by Gasteiger charge is 2.51. The van der Waals surface area contributed by atoms with Gasteiger partial charge in [0.1, 0.15) is 0 Å². The van der Waals surface area contributed by atoms with E-state index in [-0.39, 0.29) is 23.6 Å². The second-order valence-electron chi connectivity index (χ2n) is 9.26. The molecule has 0 spiro atoms. The van der Waals surface area contributed by atoms with Crippen molar-refractivity contribution in [1.82, 2.24) is 9.88 Å². The minimum absolute atomic E-state index is 0.0268. The summed E-state index contributed by atoms with van der Waals surface area (Å²) in [5.74, 6) is -0.216. The van der Waals surface area contributed by atoms with E-state index in [9.17, 15) is 28.3 Å². The minimum atomic E-state index is -4.82. The molecule has 0 saturated heterocycles. The van der Waals surface area contributed by atoms with Gasteiger partial charge in [-0.15, -0.1) is 0 Å². The van der Waals surface area contributed by atoms with Crippen LogP contribution in [0.15, 0.2) is 48.8 Å². The highest BCUT2D eigenvalue weighted by Crippen LogP contribution is 2.43. The highest BCUT2D eigenvalue weighted by atomic mass is 19.4. The summed E-state index contributed by atoms with van der Waals surface area (Å²) in [4.78, 5) is 19.4. The normalized spacial score (nSPS) is 25.0. The fraction of sp³-hybridized carbons (Fsp3) is 0.480. The lowest BCUT2D eigenvalue weighted by molar-refractivity contribution is -0.258. The van der Waals surface area contributed by atoms with E-state index in [0.29, 0.717) is 38.2 Å². The number of carbonyl (C=O) groups is 1. The maximum Gasteiger partial charge on any atom is 0.421 e. The van der Waals surface area contributed by atoms with Gasteiger partial charge in [-0.05, 0) is 74.8 Å². The van der Waals surface area contributed by atoms with Gasteiger partial charge in [0.25, 0.3) is 5.91 Å². The van der Waals surface area contributed by atoms with Crippen LogP contribution >= 0.6 is 0 Å². The number of nitriles is 1. The number of nitrogens with zero attached hydrogens (tertiary/aromatic N) is 3. The first kappa shape index (κ1) is 23.2. The van der Waals surface area contributed by atoms with E-state index in [1.165, 1.54) is 12.1 Å².